The van der Waals surface area contributed by atoms with Crippen LogP contribution in [-0.4, -0.2) is 9.97 Å². The van der Waals surface area contributed by atoms with Gasteiger partial charge in [-0.15, -0.1) is 11.3 Å². The highest BCUT2D eigenvalue weighted by atomic mass is 32.1. The Hall–Kier alpha value is -1.88. The van der Waals surface area contributed by atoms with Crippen LogP contribution in [0.25, 0.3) is 21.6 Å². The maximum Gasteiger partial charge on any atom is 0.166 e. The molecule has 74 valence electrons. The van der Waals surface area contributed by atoms with Crippen molar-refractivity contribution >= 4 is 27.4 Å². The van der Waals surface area contributed by atoms with Crippen molar-refractivity contribution < 1.29 is 4.42 Å². The second-order valence-corrected chi connectivity index (χ2v) is 3.98. The predicted molar refractivity (Wildman–Crippen MR) is 59.5 cm³/mol. The third kappa shape index (κ3) is 1.28. The molecule has 0 spiro atoms. The first-order valence-corrected chi connectivity index (χ1v) is 5.26. The zero-order valence-corrected chi connectivity index (χ0v) is 8.49. The molecule has 0 aliphatic rings. The molecule has 0 aromatic carbocycles. The average molecular weight is 217 g/mol. The zero-order valence-electron chi connectivity index (χ0n) is 7.68. The fraction of sp³-hybridized carbons (Fsp3) is 0. The van der Waals surface area contributed by atoms with Gasteiger partial charge in [0, 0.05) is 0 Å². The van der Waals surface area contributed by atoms with Crippen LogP contribution >= 0.6 is 11.3 Å². The number of nitrogen functional groups attached to an aromatic ring is 1. The number of furan rings is 1. The van der Waals surface area contributed by atoms with Crippen LogP contribution in [0.15, 0.2) is 34.5 Å². The molecule has 3 heterocycles. The molecule has 0 fully saturated rings. The maximum atomic E-state index is 5.83. The molecule has 15 heavy (non-hydrogen) atoms. The lowest BCUT2D eigenvalue weighted by Crippen LogP contribution is -1.95. The summed E-state index contributed by atoms with van der Waals surface area (Å²) >= 11 is 1.55. The van der Waals surface area contributed by atoms with E-state index in [9.17, 15) is 0 Å². The number of hydrogen-bond donors (Lipinski definition) is 1. The molecule has 3 aromatic rings. The summed E-state index contributed by atoms with van der Waals surface area (Å²) in [4.78, 5) is 9.54. The van der Waals surface area contributed by atoms with Crippen LogP contribution in [0.5, 0.6) is 0 Å². The smallest absolute Gasteiger partial charge is 0.166 e. The van der Waals surface area contributed by atoms with E-state index in [4.69, 9.17) is 10.2 Å². The van der Waals surface area contributed by atoms with Gasteiger partial charge in [0.1, 0.15) is 16.9 Å². The first-order valence-electron chi connectivity index (χ1n) is 4.38. The van der Waals surface area contributed by atoms with E-state index in [0.717, 1.165) is 15.8 Å². The minimum Gasteiger partial charge on any atom is -0.472 e. The molecule has 4 nitrogen and oxygen atoms in total. The third-order valence-corrected chi connectivity index (χ3v) is 2.94. The van der Waals surface area contributed by atoms with Crippen molar-refractivity contribution in [3.8, 4) is 11.4 Å². The zero-order chi connectivity index (χ0) is 10.3. The van der Waals surface area contributed by atoms with Gasteiger partial charge in [-0.2, -0.15) is 0 Å². The highest BCUT2D eigenvalue weighted by Gasteiger charge is 2.08. The second kappa shape index (κ2) is 3.06. The molecule has 0 aliphatic heterocycles. The molecule has 0 saturated heterocycles. The molecule has 3 rings (SSSR count). The predicted octanol–water partition coefficient (Wildman–Crippen LogP) is 2.53. The molecule has 0 amide bonds. The molecule has 0 bridgehead atoms. The van der Waals surface area contributed by atoms with E-state index < -0.39 is 0 Å². The Balaban J connectivity index is 2.29. The monoisotopic (exact) mass is 217 g/mol. The number of rotatable bonds is 1. The van der Waals surface area contributed by atoms with E-state index in [-0.39, 0.29) is 0 Å². The Morgan fingerprint density at radius 2 is 2.20 bits per heavy atom. The van der Waals surface area contributed by atoms with Gasteiger partial charge in [0.15, 0.2) is 5.82 Å². The topological polar surface area (TPSA) is 64.9 Å². The van der Waals surface area contributed by atoms with Crippen molar-refractivity contribution in [1.82, 2.24) is 9.97 Å². The summed E-state index contributed by atoms with van der Waals surface area (Å²) in [6.45, 7) is 0. The summed E-state index contributed by atoms with van der Waals surface area (Å²) in [5, 5.41) is 2.86. The molecule has 2 N–H and O–H groups in total. The summed E-state index contributed by atoms with van der Waals surface area (Å²) < 4.78 is 4.98. The van der Waals surface area contributed by atoms with Gasteiger partial charge < -0.3 is 10.2 Å². The molecule has 0 aliphatic carbocycles. The highest BCUT2D eigenvalue weighted by molar-refractivity contribution is 7.16. The van der Waals surface area contributed by atoms with Crippen LogP contribution in [0.2, 0.25) is 0 Å². The lowest BCUT2D eigenvalue weighted by Gasteiger charge is -1.98. The largest absolute Gasteiger partial charge is 0.472 e. The number of nitrogens with zero attached hydrogens (tertiary/aromatic N) is 2. The number of anilines is 1. The fourth-order valence-corrected chi connectivity index (χ4v) is 2.17. The Morgan fingerprint density at radius 1 is 1.27 bits per heavy atom. The van der Waals surface area contributed by atoms with Gasteiger partial charge in [0.05, 0.1) is 17.2 Å². The van der Waals surface area contributed by atoms with E-state index >= 15 is 0 Å². The maximum absolute atomic E-state index is 5.83. The molecule has 0 saturated carbocycles. The Labute approximate surface area is 89.4 Å². The Morgan fingerprint density at radius 3 is 3.00 bits per heavy atom. The number of aromatic nitrogens is 2. The summed E-state index contributed by atoms with van der Waals surface area (Å²) in [6, 6.07) is 3.74. The SMILES string of the molecule is Nc1nc(-c2ccoc2)nc2sccc12. The van der Waals surface area contributed by atoms with Crippen molar-refractivity contribution in [2.24, 2.45) is 0 Å². The van der Waals surface area contributed by atoms with Crippen LogP contribution in [0.3, 0.4) is 0 Å². The molecule has 0 atom stereocenters. The summed E-state index contributed by atoms with van der Waals surface area (Å²) in [5.41, 5.74) is 6.68. The third-order valence-electron chi connectivity index (χ3n) is 2.13. The standard InChI is InChI=1S/C10H7N3OS/c11-8-7-2-4-15-10(7)13-9(12-8)6-1-3-14-5-6/h1-5H,(H2,11,12,13). The van der Waals surface area contributed by atoms with E-state index in [1.54, 1.807) is 23.9 Å². The molecular weight excluding hydrogens is 210 g/mol. The van der Waals surface area contributed by atoms with Gasteiger partial charge in [-0.05, 0) is 17.5 Å². The van der Waals surface area contributed by atoms with Gasteiger partial charge in [-0.3, -0.25) is 0 Å². The van der Waals surface area contributed by atoms with Crippen LogP contribution in [0, 0.1) is 0 Å². The Bertz CT molecular complexity index is 600. The second-order valence-electron chi connectivity index (χ2n) is 3.08. The number of fused-ring (bicyclic) bond motifs is 1. The lowest BCUT2D eigenvalue weighted by molar-refractivity contribution is 0.568. The minimum absolute atomic E-state index is 0.512. The van der Waals surface area contributed by atoms with Gasteiger partial charge in [-0.25, -0.2) is 9.97 Å². The van der Waals surface area contributed by atoms with Crippen molar-refractivity contribution in [3.05, 3.63) is 30.0 Å². The van der Waals surface area contributed by atoms with Crippen LogP contribution < -0.4 is 5.73 Å². The number of thiophene rings is 1. The minimum atomic E-state index is 0.512. The lowest BCUT2D eigenvalue weighted by atomic mass is 10.3. The quantitative estimate of drug-likeness (QED) is 0.680. The van der Waals surface area contributed by atoms with Gasteiger partial charge in [-0.1, -0.05) is 0 Å². The first kappa shape index (κ1) is 8.43. The van der Waals surface area contributed by atoms with Crippen molar-refractivity contribution in [1.29, 1.82) is 0 Å². The van der Waals surface area contributed by atoms with Gasteiger partial charge in [0.25, 0.3) is 0 Å². The fourth-order valence-electron chi connectivity index (χ4n) is 1.40. The summed E-state index contributed by atoms with van der Waals surface area (Å²) in [5.74, 6) is 1.12. The van der Waals surface area contributed by atoms with Crippen LogP contribution in [0.1, 0.15) is 0 Å². The summed E-state index contributed by atoms with van der Waals surface area (Å²) in [6.07, 6.45) is 3.20. The van der Waals surface area contributed by atoms with E-state index in [2.05, 4.69) is 9.97 Å². The first-order chi connectivity index (χ1) is 7.34. The summed E-state index contributed by atoms with van der Waals surface area (Å²) in [7, 11) is 0. The van der Waals surface area contributed by atoms with E-state index in [1.165, 1.54) is 0 Å². The number of nitrogens with two attached hydrogens (primary N) is 1. The molecule has 0 radical (unpaired) electrons. The van der Waals surface area contributed by atoms with Crippen LogP contribution in [0.4, 0.5) is 5.82 Å². The number of hydrogen-bond acceptors (Lipinski definition) is 5. The normalized spacial score (nSPS) is 10.9. The molecule has 5 heteroatoms. The van der Waals surface area contributed by atoms with Crippen molar-refractivity contribution in [2.75, 3.05) is 5.73 Å². The van der Waals surface area contributed by atoms with Gasteiger partial charge in [0.2, 0.25) is 0 Å². The van der Waals surface area contributed by atoms with Crippen molar-refractivity contribution in [2.45, 2.75) is 0 Å². The van der Waals surface area contributed by atoms with Crippen LogP contribution in [-0.2, 0) is 0 Å². The average Bonchev–Trinajstić information content (AvgIpc) is 2.88. The van der Waals surface area contributed by atoms with Crippen molar-refractivity contribution in [3.63, 3.8) is 0 Å². The van der Waals surface area contributed by atoms with E-state index in [0.29, 0.717) is 11.6 Å². The molecule has 0 unspecified atom stereocenters. The Kier molecular flexibility index (Phi) is 1.72. The molecule has 3 aromatic heterocycles. The molecular formula is C10H7N3OS. The highest BCUT2D eigenvalue weighted by Crippen LogP contribution is 2.26. The van der Waals surface area contributed by atoms with Gasteiger partial charge >= 0.3 is 0 Å². The van der Waals surface area contributed by atoms with E-state index in [1.807, 2.05) is 17.5 Å².